The summed E-state index contributed by atoms with van der Waals surface area (Å²) < 4.78 is 10.6. The van der Waals surface area contributed by atoms with E-state index in [9.17, 15) is 19.2 Å². The van der Waals surface area contributed by atoms with E-state index in [1.165, 1.54) is 11.8 Å². The van der Waals surface area contributed by atoms with Crippen LogP contribution in [-0.2, 0) is 14.3 Å². The van der Waals surface area contributed by atoms with Crippen LogP contribution in [0.2, 0.25) is 0 Å². The SMILES string of the molecule is CCCCOC(=O)c1ccc(NC(=O)C(Sc2ccc(NC(=O)/C(=C/c3cccc(OC)c3)NC(=O)c3ccccc3)cc2)c2ccccc2)cc1. The highest BCUT2D eigenvalue weighted by Gasteiger charge is 2.23. The van der Waals surface area contributed by atoms with Crippen LogP contribution in [0.4, 0.5) is 11.4 Å². The predicted octanol–water partition coefficient (Wildman–Crippen LogP) is 8.53. The maximum atomic E-state index is 13.6. The average molecular weight is 714 g/mol. The molecule has 0 aliphatic heterocycles. The van der Waals surface area contributed by atoms with Gasteiger partial charge in [0.15, 0.2) is 0 Å². The first-order chi connectivity index (χ1) is 25.3. The minimum absolute atomic E-state index is 0.0442. The number of esters is 1. The molecule has 0 saturated carbocycles. The molecule has 0 saturated heterocycles. The number of rotatable bonds is 15. The van der Waals surface area contributed by atoms with Gasteiger partial charge in [0.25, 0.3) is 11.8 Å². The molecule has 0 radical (unpaired) electrons. The van der Waals surface area contributed by atoms with Crippen molar-refractivity contribution in [2.45, 2.75) is 29.9 Å². The molecule has 5 rings (SSSR count). The van der Waals surface area contributed by atoms with E-state index in [2.05, 4.69) is 16.0 Å². The van der Waals surface area contributed by atoms with Gasteiger partial charge in [0.05, 0.1) is 19.3 Å². The molecule has 3 N–H and O–H groups in total. The van der Waals surface area contributed by atoms with Gasteiger partial charge in [0.1, 0.15) is 16.7 Å². The van der Waals surface area contributed by atoms with Crippen molar-refractivity contribution in [3.8, 4) is 5.75 Å². The van der Waals surface area contributed by atoms with Gasteiger partial charge < -0.3 is 25.4 Å². The van der Waals surface area contributed by atoms with Crippen molar-refractivity contribution in [2.24, 2.45) is 0 Å². The summed E-state index contributed by atoms with van der Waals surface area (Å²) in [6.45, 7) is 2.39. The lowest BCUT2D eigenvalue weighted by Crippen LogP contribution is -2.30. The molecule has 264 valence electrons. The quantitative estimate of drug-likeness (QED) is 0.0430. The highest BCUT2D eigenvalue weighted by molar-refractivity contribution is 8.00. The van der Waals surface area contributed by atoms with E-state index in [1.54, 1.807) is 98.1 Å². The molecule has 0 aromatic heterocycles. The van der Waals surface area contributed by atoms with Gasteiger partial charge in [-0.3, -0.25) is 14.4 Å². The van der Waals surface area contributed by atoms with Gasteiger partial charge in [-0.25, -0.2) is 4.79 Å². The van der Waals surface area contributed by atoms with Crippen LogP contribution in [0.15, 0.2) is 144 Å². The Kier molecular flexibility index (Phi) is 13.4. The molecule has 5 aromatic rings. The zero-order chi connectivity index (χ0) is 36.7. The number of nitrogens with one attached hydrogen (secondary N) is 3. The topological polar surface area (TPSA) is 123 Å². The Morgan fingerprint density at radius 1 is 0.731 bits per heavy atom. The summed E-state index contributed by atoms with van der Waals surface area (Å²) in [5.74, 6) is -0.980. The Balaban J connectivity index is 1.29. The van der Waals surface area contributed by atoms with Crippen molar-refractivity contribution < 1.29 is 28.7 Å². The van der Waals surface area contributed by atoms with E-state index in [0.29, 0.717) is 40.4 Å². The van der Waals surface area contributed by atoms with Crippen LogP contribution in [0.1, 0.15) is 56.9 Å². The van der Waals surface area contributed by atoms with Gasteiger partial charge in [-0.2, -0.15) is 0 Å². The van der Waals surface area contributed by atoms with E-state index in [-0.39, 0.29) is 11.6 Å². The lowest BCUT2D eigenvalue weighted by atomic mass is 10.1. The zero-order valence-electron chi connectivity index (χ0n) is 28.8. The van der Waals surface area contributed by atoms with Crippen LogP contribution >= 0.6 is 11.8 Å². The second kappa shape index (κ2) is 18.7. The molecule has 5 aromatic carbocycles. The monoisotopic (exact) mass is 713 g/mol. The standard InChI is InChI=1S/C42H39N3O6S/c1-3-4-26-51-42(49)32-18-20-33(21-19-32)44-41(48)38(30-13-7-5-8-14-30)52-36-24-22-34(23-25-36)43-40(47)37(28-29-12-11-17-35(27-29)50-2)45-39(46)31-15-9-6-10-16-31/h5-25,27-28,38H,3-4,26H2,1-2H3,(H,43,47)(H,44,48)(H,45,46)/b37-28-. The van der Waals surface area contributed by atoms with Crippen molar-refractivity contribution in [3.05, 3.63) is 161 Å². The molecule has 0 heterocycles. The fourth-order valence-electron chi connectivity index (χ4n) is 4.98. The summed E-state index contributed by atoms with van der Waals surface area (Å²) in [4.78, 5) is 53.3. The number of methoxy groups -OCH3 is 1. The van der Waals surface area contributed by atoms with Crippen LogP contribution in [0.3, 0.4) is 0 Å². The van der Waals surface area contributed by atoms with Crippen LogP contribution in [0.5, 0.6) is 5.75 Å². The smallest absolute Gasteiger partial charge is 0.338 e. The fraction of sp³-hybridized carbons (Fsp3) is 0.143. The summed E-state index contributed by atoms with van der Waals surface area (Å²) >= 11 is 1.35. The van der Waals surface area contributed by atoms with E-state index < -0.39 is 23.0 Å². The number of amides is 3. The molecule has 3 amide bonds. The Morgan fingerprint density at radius 2 is 1.38 bits per heavy atom. The van der Waals surface area contributed by atoms with E-state index in [4.69, 9.17) is 9.47 Å². The van der Waals surface area contributed by atoms with Crippen molar-refractivity contribution >= 4 is 52.9 Å². The minimum Gasteiger partial charge on any atom is -0.497 e. The molecular weight excluding hydrogens is 675 g/mol. The minimum atomic E-state index is -0.606. The van der Waals surface area contributed by atoms with Gasteiger partial charge in [0, 0.05) is 21.8 Å². The third-order valence-electron chi connectivity index (χ3n) is 7.76. The molecule has 0 bridgehead atoms. The first kappa shape index (κ1) is 37.1. The number of carbonyl (C=O) groups excluding carboxylic acids is 4. The van der Waals surface area contributed by atoms with Crippen LogP contribution in [0, 0.1) is 0 Å². The molecule has 9 nitrogen and oxygen atoms in total. The van der Waals surface area contributed by atoms with Crippen LogP contribution in [0.25, 0.3) is 6.08 Å². The number of benzene rings is 5. The van der Waals surface area contributed by atoms with E-state index in [1.807, 2.05) is 55.5 Å². The second-order valence-electron chi connectivity index (χ2n) is 11.6. The summed E-state index contributed by atoms with van der Waals surface area (Å²) in [7, 11) is 1.55. The number of carbonyl (C=O) groups is 4. The maximum absolute atomic E-state index is 13.6. The van der Waals surface area contributed by atoms with Crippen molar-refractivity contribution in [3.63, 3.8) is 0 Å². The van der Waals surface area contributed by atoms with Gasteiger partial charge >= 0.3 is 5.97 Å². The largest absolute Gasteiger partial charge is 0.497 e. The van der Waals surface area contributed by atoms with Gasteiger partial charge in [-0.15, -0.1) is 11.8 Å². The Morgan fingerprint density at radius 3 is 2.06 bits per heavy atom. The molecule has 1 atom stereocenters. The van der Waals surface area contributed by atoms with Gasteiger partial charge in [-0.05, 0) is 96.4 Å². The van der Waals surface area contributed by atoms with Crippen LogP contribution < -0.4 is 20.7 Å². The number of hydrogen-bond donors (Lipinski definition) is 3. The maximum Gasteiger partial charge on any atom is 0.338 e. The van der Waals surface area contributed by atoms with E-state index in [0.717, 1.165) is 23.3 Å². The number of ether oxygens (including phenoxy) is 2. The highest BCUT2D eigenvalue weighted by atomic mass is 32.2. The molecule has 1 unspecified atom stereocenters. The summed E-state index contributed by atoms with van der Waals surface area (Å²) in [6, 6.07) is 38.9. The first-order valence-corrected chi connectivity index (χ1v) is 17.6. The number of unbranched alkanes of at least 4 members (excludes halogenated alkanes) is 1. The van der Waals surface area contributed by atoms with Gasteiger partial charge in [-0.1, -0.05) is 74.0 Å². The number of thioether (sulfide) groups is 1. The fourth-order valence-corrected chi connectivity index (χ4v) is 6.01. The highest BCUT2D eigenvalue weighted by Crippen LogP contribution is 2.37. The first-order valence-electron chi connectivity index (χ1n) is 16.8. The molecule has 0 fully saturated rings. The lowest BCUT2D eigenvalue weighted by molar-refractivity contribution is -0.116. The van der Waals surface area contributed by atoms with Crippen molar-refractivity contribution in [1.82, 2.24) is 5.32 Å². The Hall–Kier alpha value is -6.13. The third kappa shape index (κ3) is 10.7. The average Bonchev–Trinajstić information content (AvgIpc) is 3.18. The van der Waals surface area contributed by atoms with Crippen molar-refractivity contribution in [1.29, 1.82) is 0 Å². The number of hydrogen-bond acceptors (Lipinski definition) is 7. The Labute approximate surface area is 307 Å². The number of anilines is 2. The normalized spacial score (nSPS) is 11.5. The van der Waals surface area contributed by atoms with Crippen molar-refractivity contribution in [2.75, 3.05) is 24.4 Å². The van der Waals surface area contributed by atoms with Crippen LogP contribution in [-0.4, -0.2) is 37.4 Å². The molecule has 52 heavy (non-hydrogen) atoms. The lowest BCUT2D eigenvalue weighted by Gasteiger charge is -2.18. The second-order valence-corrected chi connectivity index (χ2v) is 12.8. The Bertz CT molecular complexity index is 2000. The zero-order valence-corrected chi connectivity index (χ0v) is 29.7. The molecule has 0 aliphatic rings. The summed E-state index contributed by atoms with van der Waals surface area (Å²) in [6.07, 6.45) is 3.31. The molecule has 10 heteroatoms. The summed E-state index contributed by atoms with van der Waals surface area (Å²) in [5.41, 5.74) is 3.38. The summed E-state index contributed by atoms with van der Waals surface area (Å²) in [5, 5.41) is 7.97. The molecular formula is C42H39N3O6S. The molecule has 0 spiro atoms. The third-order valence-corrected chi connectivity index (χ3v) is 9.03. The van der Waals surface area contributed by atoms with E-state index >= 15 is 0 Å². The van der Waals surface area contributed by atoms with Gasteiger partial charge in [0.2, 0.25) is 5.91 Å². The predicted molar refractivity (Wildman–Crippen MR) is 205 cm³/mol. The molecule has 0 aliphatic carbocycles.